The lowest BCUT2D eigenvalue weighted by Gasteiger charge is -2.06. The average molecular weight is 137 g/mol. The van der Waals surface area contributed by atoms with Gasteiger partial charge in [-0.3, -0.25) is 5.48 Å². The van der Waals surface area contributed by atoms with Crippen molar-refractivity contribution in [1.29, 1.82) is 0 Å². The molecule has 2 rings (SSSR count). The molecule has 1 aliphatic rings. The van der Waals surface area contributed by atoms with Gasteiger partial charge in [0.05, 0.1) is 6.33 Å². The number of nitrogens with zero attached hydrogens (tertiary/aromatic N) is 2. The van der Waals surface area contributed by atoms with Crippen LogP contribution >= 0.6 is 0 Å². The molecular formula is C6H7N3O. The van der Waals surface area contributed by atoms with Crippen molar-refractivity contribution in [3.63, 3.8) is 0 Å². The molecule has 4 heteroatoms. The number of hydrogen-bond donors (Lipinski definition) is 1. The van der Waals surface area contributed by atoms with E-state index in [1.807, 2.05) is 16.8 Å². The van der Waals surface area contributed by atoms with Gasteiger partial charge in [-0.25, -0.2) is 9.82 Å². The molecular weight excluding hydrogens is 130 g/mol. The lowest BCUT2D eigenvalue weighted by atomic mass is 10.5. The molecule has 1 aliphatic heterocycles. The highest BCUT2D eigenvalue weighted by atomic mass is 16.7. The van der Waals surface area contributed by atoms with Crippen LogP contribution < -0.4 is 5.48 Å². The molecule has 0 aliphatic carbocycles. The van der Waals surface area contributed by atoms with Crippen molar-refractivity contribution < 1.29 is 4.84 Å². The molecule has 1 unspecified atom stereocenters. The Hall–Kier alpha value is -1.29. The maximum absolute atomic E-state index is 5.06. The highest BCUT2D eigenvalue weighted by molar-refractivity contribution is 4.91. The molecule has 4 nitrogen and oxygen atoms in total. The molecule has 0 saturated heterocycles. The Morgan fingerprint density at radius 1 is 1.60 bits per heavy atom. The van der Waals surface area contributed by atoms with Crippen LogP contribution in [0.2, 0.25) is 0 Å². The molecule has 0 fully saturated rings. The van der Waals surface area contributed by atoms with Crippen molar-refractivity contribution >= 4 is 0 Å². The van der Waals surface area contributed by atoms with Gasteiger partial charge in [0.1, 0.15) is 0 Å². The van der Waals surface area contributed by atoms with Crippen molar-refractivity contribution in [1.82, 2.24) is 15.0 Å². The molecule has 0 amide bonds. The Kier molecular flexibility index (Phi) is 1.18. The van der Waals surface area contributed by atoms with Crippen molar-refractivity contribution in [2.75, 3.05) is 0 Å². The number of nitrogens with one attached hydrogen (secondary N) is 1. The summed E-state index contributed by atoms with van der Waals surface area (Å²) in [5.74, 6) is 0. The maximum atomic E-state index is 5.06. The summed E-state index contributed by atoms with van der Waals surface area (Å²) < 4.78 is 1.86. The van der Waals surface area contributed by atoms with Crippen LogP contribution in [0.5, 0.6) is 0 Å². The Balaban J connectivity index is 2.20. The third-order valence-electron chi connectivity index (χ3n) is 1.34. The Labute approximate surface area is 58.1 Å². The summed E-state index contributed by atoms with van der Waals surface area (Å²) >= 11 is 0. The van der Waals surface area contributed by atoms with Gasteiger partial charge in [0.25, 0.3) is 0 Å². The van der Waals surface area contributed by atoms with Crippen LogP contribution in [0.25, 0.3) is 0 Å². The van der Waals surface area contributed by atoms with Gasteiger partial charge in [-0.05, 0) is 6.08 Å². The van der Waals surface area contributed by atoms with Gasteiger partial charge in [-0.15, -0.1) is 0 Å². The third-order valence-corrected chi connectivity index (χ3v) is 1.34. The van der Waals surface area contributed by atoms with E-state index in [-0.39, 0.29) is 6.23 Å². The first-order valence-corrected chi connectivity index (χ1v) is 3.02. The van der Waals surface area contributed by atoms with Gasteiger partial charge in [-0.2, -0.15) is 0 Å². The smallest absolute Gasteiger partial charge is 0.182 e. The van der Waals surface area contributed by atoms with Crippen LogP contribution in [0.4, 0.5) is 0 Å². The van der Waals surface area contributed by atoms with E-state index < -0.39 is 0 Å². The van der Waals surface area contributed by atoms with E-state index in [4.69, 9.17) is 4.84 Å². The largest absolute Gasteiger partial charge is 0.305 e. The van der Waals surface area contributed by atoms with Crippen LogP contribution in [-0.2, 0) is 4.84 Å². The van der Waals surface area contributed by atoms with Crippen LogP contribution in [0.3, 0.4) is 0 Å². The lowest BCUT2D eigenvalue weighted by molar-refractivity contribution is 0.00507. The van der Waals surface area contributed by atoms with E-state index in [1.165, 1.54) is 0 Å². The minimum atomic E-state index is -0.0394. The molecule has 0 bridgehead atoms. The number of rotatable bonds is 1. The van der Waals surface area contributed by atoms with E-state index in [0.717, 1.165) is 0 Å². The maximum Gasteiger partial charge on any atom is 0.182 e. The number of imidazole rings is 1. The van der Waals surface area contributed by atoms with Crippen molar-refractivity contribution in [2.45, 2.75) is 6.23 Å². The van der Waals surface area contributed by atoms with E-state index in [1.54, 1.807) is 18.7 Å². The minimum absolute atomic E-state index is 0.0394. The summed E-state index contributed by atoms with van der Waals surface area (Å²) in [4.78, 5) is 8.95. The van der Waals surface area contributed by atoms with E-state index in [0.29, 0.717) is 0 Å². The van der Waals surface area contributed by atoms with Crippen molar-refractivity contribution in [2.24, 2.45) is 0 Å². The molecule has 52 valence electrons. The quantitative estimate of drug-likeness (QED) is 0.610. The second-order valence-corrected chi connectivity index (χ2v) is 2.00. The Morgan fingerprint density at radius 3 is 3.20 bits per heavy atom. The summed E-state index contributed by atoms with van der Waals surface area (Å²) in [5, 5.41) is 0. The van der Waals surface area contributed by atoms with Crippen LogP contribution in [0.1, 0.15) is 6.23 Å². The Morgan fingerprint density at radius 2 is 2.60 bits per heavy atom. The number of hydroxylamine groups is 1. The SMILES string of the molecule is C1=CC(n2ccnc2)ON1. The van der Waals surface area contributed by atoms with Crippen molar-refractivity contribution in [3.05, 3.63) is 31.0 Å². The summed E-state index contributed by atoms with van der Waals surface area (Å²) in [6, 6.07) is 0. The van der Waals surface area contributed by atoms with Gasteiger partial charge < -0.3 is 4.57 Å². The molecule has 1 aromatic heterocycles. The highest BCUT2D eigenvalue weighted by Crippen LogP contribution is 2.10. The molecule has 1 N–H and O–H groups in total. The van der Waals surface area contributed by atoms with Gasteiger partial charge in [-0.1, -0.05) is 0 Å². The molecule has 1 atom stereocenters. The Bertz CT molecular complexity index is 229. The molecule has 0 radical (unpaired) electrons. The fraction of sp³-hybridized carbons (Fsp3) is 0.167. The third kappa shape index (κ3) is 0.784. The van der Waals surface area contributed by atoms with Gasteiger partial charge in [0.15, 0.2) is 6.23 Å². The first kappa shape index (κ1) is 5.49. The molecule has 1 aromatic rings. The standard InChI is InChI=1S/C6H7N3O/c1-2-8-10-6(1)9-4-3-7-5-9/h1-6,8H. The monoisotopic (exact) mass is 137 g/mol. The van der Waals surface area contributed by atoms with Gasteiger partial charge in [0.2, 0.25) is 0 Å². The van der Waals surface area contributed by atoms with Gasteiger partial charge >= 0.3 is 0 Å². The first-order valence-electron chi connectivity index (χ1n) is 3.02. The second-order valence-electron chi connectivity index (χ2n) is 2.00. The van der Waals surface area contributed by atoms with Crippen LogP contribution in [0.15, 0.2) is 31.0 Å². The van der Waals surface area contributed by atoms with E-state index in [9.17, 15) is 0 Å². The zero-order valence-corrected chi connectivity index (χ0v) is 5.27. The van der Waals surface area contributed by atoms with Crippen molar-refractivity contribution in [3.8, 4) is 0 Å². The minimum Gasteiger partial charge on any atom is -0.305 e. The molecule has 0 aromatic carbocycles. The summed E-state index contributed by atoms with van der Waals surface area (Å²) in [6.07, 6.45) is 8.90. The van der Waals surface area contributed by atoms with Crippen LogP contribution in [-0.4, -0.2) is 9.55 Å². The fourth-order valence-corrected chi connectivity index (χ4v) is 0.850. The summed E-state index contributed by atoms with van der Waals surface area (Å²) in [7, 11) is 0. The average Bonchev–Trinajstić information content (AvgIpc) is 2.59. The topological polar surface area (TPSA) is 39.1 Å². The molecule has 2 heterocycles. The van der Waals surface area contributed by atoms with Crippen LogP contribution in [0, 0.1) is 0 Å². The lowest BCUT2D eigenvalue weighted by Crippen LogP contribution is -2.08. The summed E-state index contributed by atoms with van der Waals surface area (Å²) in [5.41, 5.74) is 2.63. The zero-order valence-electron chi connectivity index (χ0n) is 5.27. The summed E-state index contributed by atoms with van der Waals surface area (Å²) in [6.45, 7) is 0. The van der Waals surface area contributed by atoms with E-state index in [2.05, 4.69) is 10.5 Å². The number of aromatic nitrogens is 2. The first-order chi connectivity index (χ1) is 4.97. The highest BCUT2D eigenvalue weighted by Gasteiger charge is 2.09. The normalized spacial score (nSPS) is 23.0. The number of hydrogen-bond acceptors (Lipinski definition) is 3. The predicted octanol–water partition coefficient (Wildman–Crippen LogP) is 0.430. The van der Waals surface area contributed by atoms with Gasteiger partial charge in [0, 0.05) is 18.6 Å². The second kappa shape index (κ2) is 2.15. The molecule has 0 spiro atoms. The fourth-order valence-electron chi connectivity index (χ4n) is 0.850. The molecule has 0 saturated carbocycles. The van der Waals surface area contributed by atoms with E-state index >= 15 is 0 Å². The molecule has 10 heavy (non-hydrogen) atoms. The predicted molar refractivity (Wildman–Crippen MR) is 34.6 cm³/mol. The zero-order chi connectivity index (χ0) is 6.81.